The predicted molar refractivity (Wildman–Crippen MR) is 271 cm³/mol. The molecule has 0 radical (unpaired) electrons. The molecule has 0 aliphatic heterocycles. The van der Waals surface area contributed by atoms with E-state index in [-0.39, 0.29) is 28.6 Å². The molecule has 0 heterocycles. The summed E-state index contributed by atoms with van der Waals surface area (Å²) in [5, 5.41) is 6.95. The number of hydrogen-bond donors (Lipinski definition) is 2. The van der Waals surface area contributed by atoms with E-state index in [1.165, 1.54) is 0 Å². The van der Waals surface area contributed by atoms with Gasteiger partial charge >= 0.3 is 397 Å². The zero-order valence-electron chi connectivity index (χ0n) is 37.9. The summed E-state index contributed by atoms with van der Waals surface area (Å²) in [6.07, 6.45) is -10.4. The van der Waals surface area contributed by atoms with Gasteiger partial charge in [0.25, 0.3) is 0 Å². The molecule has 0 bridgehead atoms. The minimum atomic E-state index is -5.07. The molecular weight excluding hydrogens is 941 g/mol. The van der Waals surface area contributed by atoms with Gasteiger partial charge in [-0.3, -0.25) is 0 Å². The molecule has 0 unspecified atom stereocenters. The SMILES string of the molecule is CC(C)(C)c1cc(NC(=O)Nc2ccc3ccccc3c2-c2c(P(Br)(Cc3cc(C(F)(F)F)cc(C(F)(F)F)c3)(c3ccccc3)c3ccccc3)ccc3ccccc23)cc(C(C)(C)C)c1. The second-order valence-electron chi connectivity index (χ2n) is 19.2. The summed E-state index contributed by atoms with van der Waals surface area (Å²) in [5.74, 6) is 0. The van der Waals surface area contributed by atoms with E-state index in [1.54, 1.807) is 0 Å². The van der Waals surface area contributed by atoms with E-state index >= 15 is 0 Å². The van der Waals surface area contributed by atoms with Gasteiger partial charge < -0.3 is 0 Å². The number of hydrogen-bond acceptors (Lipinski definition) is 1. The van der Waals surface area contributed by atoms with Crippen LogP contribution < -0.4 is 26.5 Å². The van der Waals surface area contributed by atoms with Gasteiger partial charge in [0.05, 0.1) is 0 Å². The number of alkyl halides is 6. The third-order valence-electron chi connectivity index (χ3n) is 12.5. The van der Waals surface area contributed by atoms with Crippen molar-refractivity contribution in [2.24, 2.45) is 0 Å². The van der Waals surface area contributed by atoms with Crippen LogP contribution in [0.5, 0.6) is 0 Å². The number of anilines is 2. The molecule has 67 heavy (non-hydrogen) atoms. The predicted octanol–water partition coefficient (Wildman–Crippen LogP) is 16.3. The van der Waals surface area contributed by atoms with E-state index < -0.39 is 34.8 Å². The van der Waals surface area contributed by atoms with Crippen LogP contribution in [0.25, 0.3) is 32.7 Å². The van der Waals surface area contributed by atoms with Gasteiger partial charge in [0.1, 0.15) is 0 Å². The number of nitrogens with one attached hydrogen (secondary N) is 2. The third-order valence-corrected chi connectivity index (χ3v) is 21.9. The van der Waals surface area contributed by atoms with Gasteiger partial charge in [0, 0.05) is 0 Å². The summed E-state index contributed by atoms with van der Waals surface area (Å²) in [6.45, 7) is 12.7. The van der Waals surface area contributed by atoms with Gasteiger partial charge in [-0.05, 0) is 0 Å². The van der Waals surface area contributed by atoms with Gasteiger partial charge in [-0.2, -0.15) is 0 Å². The fraction of sp³-hybridized carbons (Fsp3) is 0.196. The number of fused-ring (bicyclic) bond motifs is 2. The first-order valence-electron chi connectivity index (χ1n) is 21.9. The zero-order chi connectivity index (χ0) is 48.2. The third kappa shape index (κ3) is 9.23. The molecule has 11 heteroatoms. The Morgan fingerprint density at radius 3 is 1.40 bits per heavy atom. The first kappa shape index (κ1) is 47.5. The first-order chi connectivity index (χ1) is 31.4. The molecular formula is C56H50BrF6N2OP. The molecule has 344 valence electrons. The Kier molecular flexibility index (Phi) is 12.3. The molecule has 0 fully saturated rings. The van der Waals surface area contributed by atoms with Crippen molar-refractivity contribution in [3.8, 4) is 11.1 Å². The number of urea groups is 1. The molecule has 0 saturated heterocycles. The summed E-state index contributed by atoms with van der Waals surface area (Å²) >= 11 is 4.44. The number of benzene rings is 8. The fourth-order valence-electron chi connectivity index (χ4n) is 9.03. The molecule has 0 aliphatic carbocycles. The summed E-state index contributed by atoms with van der Waals surface area (Å²) < 4.78 is 88.0. The molecule has 0 atom stereocenters. The maximum atomic E-state index is 14.7. The summed E-state index contributed by atoms with van der Waals surface area (Å²) in [5.41, 5.74) is 1.04. The van der Waals surface area contributed by atoms with Gasteiger partial charge in [0.15, 0.2) is 0 Å². The second kappa shape index (κ2) is 17.3. The molecule has 0 spiro atoms. The summed E-state index contributed by atoms with van der Waals surface area (Å²) in [4.78, 5) is 14.5. The zero-order valence-corrected chi connectivity index (χ0v) is 40.4. The molecule has 8 aromatic rings. The number of rotatable bonds is 8. The van der Waals surface area contributed by atoms with E-state index in [1.807, 2.05) is 146 Å². The fourth-order valence-corrected chi connectivity index (χ4v) is 17.1. The Balaban J connectivity index is 1.46. The molecule has 2 amide bonds. The minimum absolute atomic E-state index is 0.161. The van der Waals surface area contributed by atoms with E-state index in [0.29, 0.717) is 38.4 Å². The number of carbonyl (C=O) groups is 1. The standard InChI is InChI=1S/C56H50BrF6N2OP/c1-53(2,3)39-31-40(54(4,5)6)34-43(33-39)64-52(66)65-48-27-25-37-17-13-15-23-46(37)50(48)51-47-24-16-14-18-38(47)26-28-49(51)67(57,44-19-9-7-10-20-44,45-21-11-8-12-22-45)35-36-29-41(55(58,59)60)32-42(30-36)56(61,62)63/h7-34H,35H2,1-6H3,(H2,64,65,66). The van der Waals surface area contributed by atoms with Gasteiger partial charge in [-0.25, -0.2) is 0 Å². The topological polar surface area (TPSA) is 41.1 Å². The maximum absolute atomic E-state index is 14.7. The van der Waals surface area contributed by atoms with Gasteiger partial charge in [-0.15, -0.1) is 0 Å². The Bertz CT molecular complexity index is 3050. The van der Waals surface area contributed by atoms with Crippen molar-refractivity contribution in [2.75, 3.05) is 10.6 Å². The van der Waals surface area contributed by atoms with Crippen LogP contribution in [0.3, 0.4) is 0 Å². The Hall–Kier alpha value is -5.96. The average Bonchev–Trinajstić information content (AvgIpc) is 3.28. The van der Waals surface area contributed by atoms with Crippen LogP contribution in [0.1, 0.15) is 69.4 Å². The first-order valence-corrected chi connectivity index (χ1v) is 26.3. The number of amides is 2. The molecule has 0 saturated carbocycles. The normalized spacial score (nSPS) is 13.3. The average molecular weight is 992 g/mol. The number of carbonyl (C=O) groups excluding carboxylic acids is 1. The molecule has 0 aliphatic rings. The molecule has 2 N–H and O–H groups in total. The van der Waals surface area contributed by atoms with Crippen LogP contribution in [0.4, 0.5) is 42.5 Å². The molecule has 0 aromatic heterocycles. The quantitative estimate of drug-likeness (QED) is 0.116. The van der Waals surface area contributed by atoms with Gasteiger partial charge in [0.2, 0.25) is 0 Å². The van der Waals surface area contributed by atoms with E-state index in [9.17, 15) is 31.1 Å². The van der Waals surface area contributed by atoms with Crippen molar-refractivity contribution in [2.45, 2.75) is 70.9 Å². The van der Waals surface area contributed by atoms with E-state index in [0.717, 1.165) is 44.8 Å². The van der Waals surface area contributed by atoms with Crippen molar-refractivity contribution in [3.05, 3.63) is 198 Å². The van der Waals surface area contributed by atoms with Crippen LogP contribution in [0, 0.1) is 0 Å². The second-order valence-corrected chi connectivity index (χ2v) is 28.1. The van der Waals surface area contributed by atoms with Crippen LogP contribution >= 0.6 is 20.8 Å². The van der Waals surface area contributed by atoms with Crippen LogP contribution in [-0.2, 0) is 29.3 Å². The Labute approximate surface area is 395 Å². The summed E-state index contributed by atoms with van der Waals surface area (Å²) in [6, 6.07) is 49.0. The van der Waals surface area contributed by atoms with E-state index in [2.05, 4.69) is 73.7 Å². The van der Waals surface area contributed by atoms with Crippen LogP contribution in [0.15, 0.2) is 170 Å². The molecule has 8 rings (SSSR count). The Morgan fingerprint density at radius 2 is 0.925 bits per heavy atom. The molecule has 3 nitrogen and oxygen atoms in total. The van der Waals surface area contributed by atoms with Crippen molar-refractivity contribution >= 4 is 75.7 Å². The van der Waals surface area contributed by atoms with Crippen molar-refractivity contribution < 1.29 is 31.1 Å². The Morgan fingerprint density at radius 1 is 0.493 bits per heavy atom. The monoisotopic (exact) mass is 990 g/mol. The molecule has 8 aromatic carbocycles. The van der Waals surface area contributed by atoms with Crippen molar-refractivity contribution in [1.82, 2.24) is 0 Å². The summed E-state index contributed by atoms with van der Waals surface area (Å²) in [7, 11) is 0. The van der Waals surface area contributed by atoms with Gasteiger partial charge in [-0.1, -0.05) is 0 Å². The number of halogens is 7. The van der Waals surface area contributed by atoms with E-state index in [4.69, 9.17) is 0 Å². The van der Waals surface area contributed by atoms with Crippen molar-refractivity contribution in [1.29, 1.82) is 0 Å². The van der Waals surface area contributed by atoms with Crippen LogP contribution in [-0.4, -0.2) is 6.03 Å². The van der Waals surface area contributed by atoms with Crippen LogP contribution in [0.2, 0.25) is 0 Å². The van der Waals surface area contributed by atoms with Crippen molar-refractivity contribution in [3.63, 3.8) is 0 Å².